The average Bonchev–Trinajstić information content (AvgIpc) is 3.01. The molecule has 4 nitrogen and oxygen atoms in total. The van der Waals surface area contributed by atoms with Crippen molar-refractivity contribution in [2.45, 2.75) is 25.4 Å². The van der Waals surface area contributed by atoms with E-state index in [2.05, 4.69) is 10.3 Å². The largest absolute Gasteiger partial charge is 0.393 e. The van der Waals surface area contributed by atoms with Gasteiger partial charge in [0.05, 0.1) is 6.10 Å². The summed E-state index contributed by atoms with van der Waals surface area (Å²) in [7, 11) is 0. The van der Waals surface area contributed by atoms with Crippen LogP contribution in [0.15, 0.2) is 24.3 Å². The first-order valence-electron chi connectivity index (χ1n) is 6.88. The number of benzene rings is 1. The molecular formula is C15H17ClN2O2. The standard InChI is InChI=1S/C15H17ClN2O2/c16-11-4-5-12-10(6-11)7-13(18-12)15(20)17-8-9-2-1-3-14(9)19/h4-7,9,14,18-19H,1-3,8H2,(H,17,20). The number of aromatic amines is 1. The molecule has 1 fully saturated rings. The zero-order chi connectivity index (χ0) is 14.1. The number of carbonyl (C=O) groups is 1. The second kappa shape index (κ2) is 5.46. The quantitative estimate of drug-likeness (QED) is 0.814. The van der Waals surface area contributed by atoms with Crippen LogP contribution in [0.25, 0.3) is 10.9 Å². The predicted molar refractivity (Wildman–Crippen MR) is 79.0 cm³/mol. The van der Waals surface area contributed by atoms with Crippen molar-refractivity contribution >= 4 is 28.4 Å². The number of hydrogen-bond acceptors (Lipinski definition) is 2. The summed E-state index contributed by atoms with van der Waals surface area (Å²) in [5.41, 5.74) is 1.41. The van der Waals surface area contributed by atoms with Crippen LogP contribution in [-0.4, -0.2) is 28.6 Å². The molecule has 0 radical (unpaired) electrons. The molecular weight excluding hydrogens is 276 g/mol. The van der Waals surface area contributed by atoms with E-state index < -0.39 is 0 Å². The highest BCUT2D eigenvalue weighted by atomic mass is 35.5. The molecule has 0 saturated heterocycles. The van der Waals surface area contributed by atoms with E-state index in [1.54, 1.807) is 12.1 Å². The molecule has 1 aliphatic rings. The Bertz CT molecular complexity index is 638. The lowest BCUT2D eigenvalue weighted by Crippen LogP contribution is -2.32. The van der Waals surface area contributed by atoms with E-state index in [0.717, 1.165) is 30.2 Å². The molecule has 1 aliphatic carbocycles. The first-order valence-corrected chi connectivity index (χ1v) is 7.26. The Balaban J connectivity index is 1.69. The van der Waals surface area contributed by atoms with Crippen LogP contribution in [0.4, 0.5) is 0 Å². The zero-order valence-corrected chi connectivity index (χ0v) is 11.8. The predicted octanol–water partition coefficient (Wildman–Crippen LogP) is 2.71. The molecule has 2 unspecified atom stereocenters. The van der Waals surface area contributed by atoms with Gasteiger partial charge in [-0.1, -0.05) is 18.0 Å². The maximum absolute atomic E-state index is 12.1. The summed E-state index contributed by atoms with van der Waals surface area (Å²) in [6.45, 7) is 0.524. The fourth-order valence-electron chi connectivity index (χ4n) is 2.80. The molecule has 3 rings (SSSR count). The third-order valence-corrected chi connectivity index (χ3v) is 4.21. The number of fused-ring (bicyclic) bond motifs is 1. The number of halogens is 1. The number of rotatable bonds is 3. The van der Waals surface area contributed by atoms with Gasteiger partial charge >= 0.3 is 0 Å². The maximum Gasteiger partial charge on any atom is 0.267 e. The van der Waals surface area contributed by atoms with Crippen molar-refractivity contribution in [3.05, 3.63) is 35.0 Å². The molecule has 1 aromatic carbocycles. The molecule has 0 spiro atoms. The van der Waals surface area contributed by atoms with Crippen molar-refractivity contribution in [2.75, 3.05) is 6.54 Å². The Morgan fingerprint density at radius 1 is 1.40 bits per heavy atom. The van der Waals surface area contributed by atoms with Crippen LogP contribution in [0.1, 0.15) is 29.8 Å². The van der Waals surface area contributed by atoms with E-state index in [1.165, 1.54) is 0 Å². The van der Waals surface area contributed by atoms with Crippen molar-refractivity contribution in [2.24, 2.45) is 5.92 Å². The lowest BCUT2D eigenvalue weighted by atomic mass is 10.1. The van der Waals surface area contributed by atoms with Gasteiger partial charge in [-0.15, -0.1) is 0 Å². The highest BCUT2D eigenvalue weighted by molar-refractivity contribution is 6.31. The summed E-state index contributed by atoms with van der Waals surface area (Å²) in [4.78, 5) is 15.2. The van der Waals surface area contributed by atoms with Crippen LogP contribution in [0.5, 0.6) is 0 Å². The van der Waals surface area contributed by atoms with E-state index in [0.29, 0.717) is 17.3 Å². The van der Waals surface area contributed by atoms with Gasteiger partial charge in [-0.05, 0) is 37.1 Å². The van der Waals surface area contributed by atoms with Crippen LogP contribution in [-0.2, 0) is 0 Å². The summed E-state index contributed by atoms with van der Waals surface area (Å²) in [5.74, 6) is 0.0363. The highest BCUT2D eigenvalue weighted by Gasteiger charge is 2.25. The van der Waals surface area contributed by atoms with Gasteiger partial charge < -0.3 is 15.4 Å². The molecule has 2 atom stereocenters. The summed E-state index contributed by atoms with van der Waals surface area (Å²) in [6.07, 6.45) is 2.57. The number of carbonyl (C=O) groups excluding carboxylic acids is 1. The van der Waals surface area contributed by atoms with E-state index in [9.17, 15) is 9.90 Å². The van der Waals surface area contributed by atoms with Crippen LogP contribution >= 0.6 is 11.6 Å². The lowest BCUT2D eigenvalue weighted by Gasteiger charge is -2.14. The number of aromatic nitrogens is 1. The number of aliphatic hydroxyl groups is 1. The minimum Gasteiger partial charge on any atom is -0.393 e. The van der Waals surface area contributed by atoms with E-state index in [4.69, 9.17) is 11.6 Å². The van der Waals surface area contributed by atoms with E-state index in [-0.39, 0.29) is 17.9 Å². The number of amides is 1. The third kappa shape index (κ3) is 2.67. The molecule has 5 heteroatoms. The van der Waals surface area contributed by atoms with Gasteiger partial charge in [0.1, 0.15) is 5.69 Å². The molecule has 3 N–H and O–H groups in total. The molecule has 106 valence electrons. The third-order valence-electron chi connectivity index (χ3n) is 3.97. The topological polar surface area (TPSA) is 65.1 Å². The van der Waals surface area contributed by atoms with Crippen molar-refractivity contribution in [1.82, 2.24) is 10.3 Å². The smallest absolute Gasteiger partial charge is 0.267 e. The fourth-order valence-corrected chi connectivity index (χ4v) is 2.98. The Labute approximate surface area is 122 Å². The van der Waals surface area contributed by atoms with Gasteiger partial charge in [-0.3, -0.25) is 4.79 Å². The van der Waals surface area contributed by atoms with Gasteiger partial charge in [0.2, 0.25) is 0 Å². The normalized spacial score (nSPS) is 22.3. The van der Waals surface area contributed by atoms with Crippen LogP contribution in [0.3, 0.4) is 0 Å². The Kier molecular flexibility index (Phi) is 3.68. The SMILES string of the molecule is O=C(NCC1CCCC1O)c1cc2cc(Cl)ccc2[nH]1. The molecule has 1 heterocycles. The summed E-state index contributed by atoms with van der Waals surface area (Å²) < 4.78 is 0. The lowest BCUT2D eigenvalue weighted by molar-refractivity contribution is 0.0913. The zero-order valence-electron chi connectivity index (χ0n) is 11.0. The number of H-pyrrole nitrogens is 1. The van der Waals surface area contributed by atoms with Gasteiger partial charge in [-0.2, -0.15) is 0 Å². The van der Waals surface area contributed by atoms with Gasteiger partial charge in [0.25, 0.3) is 5.91 Å². The molecule has 1 saturated carbocycles. The monoisotopic (exact) mass is 292 g/mol. The van der Waals surface area contributed by atoms with E-state index in [1.807, 2.05) is 12.1 Å². The number of nitrogens with one attached hydrogen (secondary N) is 2. The Hall–Kier alpha value is -1.52. The first-order chi connectivity index (χ1) is 9.63. The average molecular weight is 293 g/mol. The second-order valence-electron chi connectivity index (χ2n) is 5.38. The minimum atomic E-state index is -0.281. The van der Waals surface area contributed by atoms with E-state index >= 15 is 0 Å². The fraction of sp³-hybridized carbons (Fsp3) is 0.400. The highest BCUT2D eigenvalue weighted by Crippen LogP contribution is 2.25. The van der Waals surface area contributed by atoms with Gasteiger partial charge in [-0.25, -0.2) is 0 Å². The van der Waals surface area contributed by atoms with Crippen molar-refractivity contribution in [1.29, 1.82) is 0 Å². The number of aliphatic hydroxyl groups excluding tert-OH is 1. The van der Waals surface area contributed by atoms with Crippen molar-refractivity contribution in [3.8, 4) is 0 Å². The molecule has 0 bridgehead atoms. The molecule has 20 heavy (non-hydrogen) atoms. The van der Waals surface area contributed by atoms with Crippen LogP contribution in [0, 0.1) is 5.92 Å². The van der Waals surface area contributed by atoms with Crippen LogP contribution < -0.4 is 5.32 Å². The molecule has 2 aromatic rings. The summed E-state index contributed by atoms with van der Waals surface area (Å²) in [6, 6.07) is 7.26. The maximum atomic E-state index is 12.1. The molecule has 1 amide bonds. The molecule has 1 aromatic heterocycles. The van der Waals surface area contributed by atoms with Crippen molar-refractivity contribution in [3.63, 3.8) is 0 Å². The van der Waals surface area contributed by atoms with Crippen molar-refractivity contribution < 1.29 is 9.90 Å². The van der Waals surface area contributed by atoms with Crippen LogP contribution in [0.2, 0.25) is 5.02 Å². The summed E-state index contributed by atoms with van der Waals surface area (Å²) >= 11 is 5.93. The first kappa shape index (κ1) is 13.5. The number of hydrogen-bond donors (Lipinski definition) is 3. The van der Waals surface area contributed by atoms with Gasteiger partial charge in [0, 0.05) is 28.4 Å². The minimum absolute atomic E-state index is 0.142. The van der Waals surface area contributed by atoms with Gasteiger partial charge in [0.15, 0.2) is 0 Å². The second-order valence-corrected chi connectivity index (χ2v) is 5.82. The summed E-state index contributed by atoms with van der Waals surface area (Å²) in [5, 5.41) is 14.2. The Morgan fingerprint density at radius 2 is 2.25 bits per heavy atom. The Morgan fingerprint density at radius 3 is 3.00 bits per heavy atom. The molecule has 0 aliphatic heterocycles.